The lowest BCUT2D eigenvalue weighted by Gasteiger charge is -2.33. The van der Waals surface area contributed by atoms with Crippen molar-refractivity contribution in [3.05, 3.63) is 29.8 Å². The van der Waals surface area contributed by atoms with E-state index in [1.807, 2.05) is 29.2 Å². The molecule has 2 aliphatic rings. The zero-order chi connectivity index (χ0) is 16.4. The molecule has 2 saturated heterocycles. The summed E-state index contributed by atoms with van der Waals surface area (Å²) in [6, 6.07) is 8.08. The normalized spacial score (nSPS) is 24.9. The molecule has 0 radical (unpaired) electrons. The van der Waals surface area contributed by atoms with E-state index in [1.54, 1.807) is 19.1 Å². The predicted molar refractivity (Wildman–Crippen MR) is 87.0 cm³/mol. The van der Waals surface area contributed by atoms with Crippen molar-refractivity contribution in [2.24, 2.45) is 5.92 Å². The Morgan fingerprint density at radius 1 is 1.17 bits per heavy atom. The van der Waals surface area contributed by atoms with Crippen molar-refractivity contribution < 1.29 is 14.3 Å². The van der Waals surface area contributed by atoms with Gasteiger partial charge in [-0.05, 0) is 37.0 Å². The average Bonchev–Trinajstić information content (AvgIpc) is 3.06. The van der Waals surface area contributed by atoms with Gasteiger partial charge in [-0.2, -0.15) is 0 Å². The highest BCUT2D eigenvalue weighted by molar-refractivity contribution is 5.87. The van der Waals surface area contributed by atoms with E-state index in [0.717, 1.165) is 37.1 Å². The maximum Gasteiger partial charge on any atom is 0.226 e. The molecule has 124 valence electrons. The predicted octanol–water partition coefficient (Wildman–Crippen LogP) is 2.23. The van der Waals surface area contributed by atoms with E-state index < -0.39 is 0 Å². The van der Waals surface area contributed by atoms with Crippen molar-refractivity contribution in [2.45, 2.75) is 31.7 Å². The number of rotatable bonds is 3. The lowest BCUT2D eigenvalue weighted by molar-refractivity contribution is -0.145. The lowest BCUT2D eigenvalue weighted by atomic mass is 9.94. The molecule has 2 amide bonds. The van der Waals surface area contributed by atoms with Gasteiger partial charge in [0.15, 0.2) is 0 Å². The first kappa shape index (κ1) is 15.8. The Hall–Kier alpha value is -2.04. The summed E-state index contributed by atoms with van der Waals surface area (Å²) in [5, 5.41) is 0. The Kier molecular flexibility index (Phi) is 4.55. The van der Waals surface area contributed by atoms with Crippen LogP contribution in [0.15, 0.2) is 24.3 Å². The molecule has 23 heavy (non-hydrogen) atoms. The van der Waals surface area contributed by atoms with Crippen molar-refractivity contribution in [2.75, 3.05) is 27.2 Å². The standard InChI is InChI=1S/C18H24N2O3/c1-19-11-9-14(12-17(19)21)18(22)20-10-3-4-16(20)13-5-7-15(23-2)8-6-13/h5-8,14,16H,3-4,9-12H2,1-2H3/t14-,16-/m0/s1. The van der Waals surface area contributed by atoms with Crippen LogP contribution in [0, 0.1) is 5.92 Å². The molecule has 0 N–H and O–H groups in total. The lowest BCUT2D eigenvalue weighted by Crippen LogP contribution is -2.43. The number of amides is 2. The monoisotopic (exact) mass is 316 g/mol. The van der Waals surface area contributed by atoms with Gasteiger partial charge in [0.05, 0.1) is 13.2 Å². The summed E-state index contributed by atoms with van der Waals surface area (Å²) in [5.74, 6) is 0.891. The number of nitrogens with zero attached hydrogens (tertiary/aromatic N) is 2. The first-order chi connectivity index (χ1) is 11.1. The smallest absolute Gasteiger partial charge is 0.226 e. The fourth-order valence-electron chi connectivity index (χ4n) is 3.59. The molecule has 2 aliphatic heterocycles. The van der Waals surface area contributed by atoms with Gasteiger partial charge in [-0.15, -0.1) is 0 Å². The van der Waals surface area contributed by atoms with Crippen LogP contribution < -0.4 is 4.74 Å². The van der Waals surface area contributed by atoms with Gasteiger partial charge in [-0.25, -0.2) is 0 Å². The van der Waals surface area contributed by atoms with E-state index in [9.17, 15) is 9.59 Å². The number of methoxy groups -OCH3 is 1. The highest BCUT2D eigenvalue weighted by Crippen LogP contribution is 2.35. The molecule has 0 unspecified atom stereocenters. The summed E-state index contributed by atoms with van der Waals surface area (Å²) in [5.41, 5.74) is 1.15. The van der Waals surface area contributed by atoms with Gasteiger partial charge in [-0.1, -0.05) is 12.1 Å². The molecule has 2 fully saturated rings. The molecule has 0 aliphatic carbocycles. The maximum absolute atomic E-state index is 12.9. The molecule has 5 heteroatoms. The SMILES string of the molecule is COc1ccc([C@@H]2CCCN2C(=O)[C@H]2CCN(C)C(=O)C2)cc1. The number of benzene rings is 1. The van der Waals surface area contributed by atoms with Crippen LogP contribution >= 0.6 is 0 Å². The second-order valence-electron chi connectivity index (χ2n) is 6.47. The molecular formula is C18H24N2O3. The van der Waals surface area contributed by atoms with Crippen LogP contribution in [0.1, 0.15) is 37.3 Å². The topological polar surface area (TPSA) is 49.9 Å². The minimum atomic E-state index is -0.155. The van der Waals surface area contributed by atoms with Crippen molar-refractivity contribution in [1.29, 1.82) is 0 Å². The zero-order valence-electron chi connectivity index (χ0n) is 13.8. The van der Waals surface area contributed by atoms with Gasteiger partial charge in [0.2, 0.25) is 11.8 Å². The number of carbonyl (C=O) groups excluding carboxylic acids is 2. The number of hydrogen-bond donors (Lipinski definition) is 0. The average molecular weight is 316 g/mol. The summed E-state index contributed by atoms with van der Waals surface area (Å²) in [6.45, 7) is 1.46. The van der Waals surface area contributed by atoms with Gasteiger partial charge in [0, 0.05) is 32.5 Å². The van der Waals surface area contributed by atoms with Gasteiger partial charge in [-0.3, -0.25) is 9.59 Å². The second-order valence-corrected chi connectivity index (χ2v) is 6.47. The summed E-state index contributed by atoms with van der Waals surface area (Å²) in [7, 11) is 3.45. The quantitative estimate of drug-likeness (QED) is 0.859. The molecule has 5 nitrogen and oxygen atoms in total. The number of hydrogen-bond acceptors (Lipinski definition) is 3. The van der Waals surface area contributed by atoms with E-state index in [0.29, 0.717) is 13.0 Å². The Morgan fingerprint density at radius 3 is 2.57 bits per heavy atom. The van der Waals surface area contributed by atoms with Crippen LogP contribution in [-0.4, -0.2) is 48.9 Å². The first-order valence-corrected chi connectivity index (χ1v) is 8.28. The summed E-state index contributed by atoms with van der Waals surface area (Å²) in [4.78, 5) is 28.5. The highest BCUT2D eigenvalue weighted by Gasteiger charge is 2.36. The van der Waals surface area contributed by atoms with Crippen LogP contribution in [0.25, 0.3) is 0 Å². The third-order valence-electron chi connectivity index (χ3n) is 5.05. The van der Waals surface area contributed by atoms with Crippen molar-refractivity contribution in [3.63, 3.8) is 0 Å². The minimum absolute atomic E-state index is 0.0785. The fraction of sp³-hybridized carbons (Fsp3) is 0.556. The number of ether oxygens (including phenoxy) is 1. The van der Waals surface area contributed by atoms with Gasteiger partial charge in [0.25, 0.3) is 0 Å². The fourth-order valence-corrected chi connectivity index (χ4v) is 3.59. The van der Waals surface area contributed by atoms with E-state index in [2.05, 4.69) is 0 Å². The molecule has 0 saturated carbocycles. The van der Waals surface area contributed by atoms with Crippen LogP contribution in [0.5, 0.6) is 5.75 Å². The maximum atomic E-state index is 12.9. The molecule has 1 aromatic rings. The van der Waals surface area contributed by atoms with Crippen LogP contribution in [0.4, 0.5) is 0 Å². The summed E-state index contributed by atoms with van der Waals surface area (Å²) >= 11 is 0. The number of likely N-dealkylation sites (tertiary alicyclic amines) is 2. The Morgan fingerprint density at radius 2 is 1.91 bits per heavy atom. The first-order valence-electron chi connectivity index (χ1n) is 8.28. The summed E-state index contributed by atoms with van der Waals surface area (Å²) < 4.78 is 5.20. The molecule has 0 bridgehead atoms. The van der Waals surface area contributed by atoms with Crippen LogP contribution in [0.2, 0.25) is 0 Å². The Labute approximate surface area is 137 Å². The largest absolute Gasteiger partial charge is 0.497 e. The van der Waals surface area contributed by atoms with E-state index in [1.165, 1.54) is 0 Å². The summed E-state index contributed by atoms with van der Waals surface area (Å²) in [6.07, 6.45) is 3.12. The van der Waals surface area contributed by atoms with E-state index >= 15 is 0 Å². The van der Waals surface area contributed by atoms with E-state index in [-0.39, 0.29) is 23.8 Å². The molecule has 2 atom stereocenters. The Bertz CT molecular complexity index is 584. The zero-order valence-corrected chi connectivity index (χ0v) is 13.8. The highest BCUT2D eigenvalue weighted by atomic mass is 16.5. The number of carbonyl (C=O) groups is 2. The molecular weight excluding hydrogens is 292 g/mol. The van der Waals surface area contributed by atoms with Crippen molar-refractivity contribution in [3.8, 4) is 5.75 Å². The molecule has 1 aromatic carbocycles. The number of piperidine rings is 1. The third-order valence-corrected chi connectivity index (χ3v) is 5.05. The van der Waals surface area contributed by atoms with Crippen LogP contribution in [0.3, 0.4) is 0 Å². The van der Waals surface area contributed by atoms with Crippen molar-refractivity contribution >= 4 is 11.8 Å². The van der Waals surface area contributed by atoms with Crippen LogP contribution in [-0.2, 0) is 9.59 Å². The molecule has 3 rings (SSSR count). The van der Waals surface area contributed by atoms with Gasteiger partial charge < -0.3 is 14.5 Å². The van der Waals surface area contributed by atoms with Crippen molar-refractivity contribution in [1.82, 2.24) is 9.80 Å². The third kappa shape index (κ3) is 3.19. The van der Waals surface area contributed by atoms with E-state index in [4.69, 9.17) is 4.74 Å². The molecule has 2 heterocycles. The molecule has 0 spiro atoms. The Balaban J connectivity index is 1.73. The minimum Gasteiger partial charge on any atom is -0.497 e. The van der Waals surface area contributed by atoms with Gasteiger partial charge in [0.1, 0.15) is 5.75 Å². The van der Waals surface area contributed by atoms with Gasteiger partial charge >= 0.3 is 0 Å². The molecule has 0 aromatic heterocycles. The second kappa shape index (κ2) is 6.60.